The van der Waals surface area contributed by atoms with Gasteiger partial charge in [0.15, 0.2) is 0 Å². The minimum Gasteiger partial charge on any atom is -0.480 e. The molecule has 3 rings (SSSR count). The van der Waals surface area contributed by atoms with E-state index in [2.05, 4.69) is 22.2 Å². The van der Waals surface area contributed by atoms with E-state index in [0.29, 0.717) is 18.5 Å². The molecule has 1 saturated heterocycles. The highest BCUT2D eigenvalue weighted by atomic mass is 16.4. The van der Waals surface area contributed by atoms with E-state index in [9.17, 15) is 9.59 Å². The number of nitrogens with one attached hydrogen (secondary N) is 1. The van der Waals surface area contributed by atoms with Gasteiger partial charge in [0.25, 0.3) is 0 Å². The molecule has 0 radical (unpaired) electrons. The van der Waals surface area contributed by atoms with Crippen molar-refractivity contribution < 1.29 is 14.7 Å². The molecule has 1 aliphatic carbocycles. The van der Waals surface area contributed by atoms with Crippen LogP contribution in [0.4, 0.5) is 5.82 Å². The maximum atomic E-state index is 12.5. The van der Waals surface area contributed by atoms with Gasteiger partial charge in [-0.05, 0) is 58.5 Å². The van der Waals surface area contributed by atoms with Gasteiger partial charge in [-0.2, -0.15) is 5.10 Å². The van der Waals surface area contributed by atoms with E-state index in [1.807, 2.05) is 22.7 Å². The molecule has 2 atom stereocenters. The maximum Gasteiger partial charge on any atom is 0.317 e. The summed E-state index contributed by atoms with van der Waals surface area (Å²) < 4.78 is 1.93. The fourth-order valence-electron chi connectivity index (χ4n) is 3.98. The third kappa shape index (κ3) is 5.52. The molecule has 1 aromatic heterocycles. The predicted octanol–water partition coefficient (Wildman–Crippen LogP) is 1.66. The zero-order valence-electron chi connectivity index (χ0n) is 16.3. The standard InChI is InChI=1S/C19H31N5O3/c1-14(15-5-6-15)24-17(7-9-20-24)21-18(25)12-23-10-3-4-16(8-11-23)22(2)13-19(26)27/h7,9,14-16H,3-6,8,10-13H2,1-2H3,(H,21,25)(H,26,27). The minimum absolute atomic E-state index is 0.0166. The molecule has 1 amide bonds. The van der Waals surface area contributed by atoms with Gasteiger partial charge in [-0.1, -0.05) is 0 Å². The Morgan fingerprint density at radius 2 is 2.11 bits per heavy atom. The summed E-state index contributed by atoms with van der Waals surface area (Å²) in [6, 6.07) is 2.44. The number of carbonyl (C=O) groups excluding carboxylic acids is 1. The van der Waals surface area contributed by atoms with Gasteiger partial charge in [0.2, 0.25) is 5.91 Å². The zero-order chi connectivity index (χ0) is 19.4. The van der Waals surface area contributed by atoms with Gasteiger partial charge in [-0.3, -0.25) is 19.4 Å². The Kier molecular flexibility index (Phi) is 6.49. The fourth-order valence-corrected chi connectivity index (χ4v) is 3.98. The maximum absolute atomic E-state index is 12.5. The highest BCUT2D eigenvalue weighted by Gasteiger charge is 2.31. The van der Waals surface area contributed by atoms with E-state index >= 15 is 0 Å². The third-order valence-electron chi connectivity index (χ3n) is 5.79. The second-order valence-electron chi connectivity index (χ2n) is 7.96. The number of amides is 1. The van der Waals surface area contributed by atoms with E-state index in [4.69, 9.17) is 5.11 Å². The zero-order valence-corrected chi connectivity index (χ0v) is 16.3. The van der Waals surface area contributed by atoms with Crippen LogP contribution in [0.3, 0.4) is 0 Å². The van der Waals surface area contributed by atoms with Crippen LogP contribution in [-0.4, -0.2) is 75.8 Å². The van der Waals surface area contributed by atoms with Gasteiger partial charge in [-0.25, -0.2) is 4.68 Å². The van der Waals surface area contributed by atoms with Gasteiger partial charge >= 0.3 is 5.97 Å². The first-order valence-corrected chi connectivity index (χ1v) is 9.91. The predicted molar refractivity (Wildman–Crippen MR) is 103 cm³/mol. The van der Waals surface area contributed by atoms with Crippen molar-refractivity contribution in [1.29, 1.82) is 0 Å². The summed E-state index contributed by atoms with van der Waals surface area (Å²) in [6.07, 6.45) is 7.03. The van der Waals surface area contributed by atoms with E-state index < -0.39 is 5.97 Å². The van der Waals surface area contributed by atoms with Crippen molar-refractivity contribution in [3.63, 3.8) is 0 Å². The number of carbonyl (C=O) groups is 2. The molecule has 8 heteroatoms. The third-order valence-corrected chi connectivity index (χ3v) is 5.79. The summed E-state index contributed by atoms with van der Waals surface area (Å²) in [5.41, 5.74) is 0. The van der Waals surface area contributed by atoms with Crippen LogP contribution in [0.25, 0.3) is 0 Å². The number of hydrogen-bond acceptors (Lipinski definition) is 5. The van der Waals surface area contributed by atoms with Gasteiger partial charge in [0.1, 0.15) is 5.82 Å². The summed E-state index contributed by atoms with van der Waals surface area (Å²) in [5, 5.41) is 16.4. The molecule has 2 unspecified atom stereocenters. The molecule has 1 saturated carbocycles. The molecule has 1 aromatic rings. The average Bonchev–Trinajstić information content (AvgIpc) is 3.38. The molecule has 2 heterocycles. The Morgan fingerprint density at radius 1 is 1.33 bits per heavy atom. The lowest BCUT2D eigenvalue weighted by molar-refractivity contribution is -0.138. The van der Waals surface area contributed by atoms with E-state index in [1.165, 1.54) is 12.8 Å². The van der Waals surface area contributed by atoms with Gasteiger partial charge in [0.05, 0.1) is 25.3 Å². The van der Waals surface area contributed by atoms with Gasteiger partial charge < -0.3 is 10.4 Å². The molecule has 2 fully saturated rings. The number of aliphatic carboxylic acids is 1. The number of likely N-dealkylation sites (tertiary alicyclic amines) is 1. The molecule has 0 aromatic carbocycles. The van der Waals surface area contributed by atoms with Crippen molar-refractivity contribution in [3.8, 4) is 0 Å². The Bertz CT molecular complexity index is 658. The molecule has 150 valence electrons. The number of rotatable bonds is 8. The first-order valence-electron chi connectivity index (χ1n) is 9.91. The average molecular weight is 377 g/mol. The molecule has 0 spiro atoms. The van der Waals surface area contributed by atoms with E-state index in [1.54, 1.807) is 6.20 Å². The molecule has 8 nitrogen and oxygen atoms in total. The topological polar surface area (TPSA) is 90.7 Å². The number of anilines is 1. The minimum atomic E-state index is -0.796. The van der Waals surface area contributed by atoms with Crippen LogP contribution >= 0.6 is 0 Å². The molecule has 1 aliphatic heterocycles. The largest absolute Gasteiger partial charge is 0.480 e. The van der Waals surface area contributed by atoms with Crippen molar-refractivity contribution in [2.45, 2.75) is 51.1 Å². The first kappa shape index (κ1) is 19.8. The first-order chi connectivity index (χ1) is 12.9. The number of nitrogens with zero attached hydrogens (tertiary/aromatic N) is 4. The number of carboxylic acid groups (broad SMARTS) is 1. The summed E-state index contributed by atoms with van der Waals surface area (Å²) in [5.74, 6) is 0.631. The van der Waals surface area contributed by atoms with Crippen LogP contribution < -0.4 is 5.32 Å². The van der Waals surface area contributed by atoms with Crippen LogP contribution in [0.2, 0.25) is 0 Å². The lowest BCUT2D eigenvalue weighted by Crippen LogP contribution is -2.38. The van der Waals surface area contributed by atoms with Crippen LogP contribution in [-0.2, 0) is 9.59 Å². The van der Waals surface area contributed by atoms with Crippen molar-refractivity contribution in [2.75, 3.05) is 38.5 Å². The Labute approximate surface area is 160 Å². The molecule has 0 bridgehead atoms. The smallest absolute Gasteiger partial charge is 0.317 e. The Balaban J connectivity index is 1.48. The number of aromatic nitrogens is 2. The second kappa shape index (κ2) is 8.84. The van der Waals surface area contributed by atoms with Crippen molar-refractivity contribution in [3.05, 3.63) is 12.3 Å². The van der Waals surface area contributed by atoms with Gasteiger partial charge in [-0.15, -0.1) is 0 Å². The lowest BCUT2D eigenvalue weighted by atomic mass is 10.1. The summed E-state index contributed by atoms with van der Waals surface area (Å²) in [7, 11) is 1.86. The second-order valence-corrected chi connectivity index (χ2v) is 7.96. The SMILES string of the molecule is CC(C1CC1)n1nccc1NC(=O)CN1CCCC(N(C)CC(=O)O)CC1. The van der Waals surface area contributed by atoms with Crippen molar-refractivity contribution >= 4 is 17.7 Å². The highest BCUT2D eigenvalue weighted by Crippen LogP contribution is 2.40. The number of hydrogen-bond donors (Lipinski definition) is 2. The van der Waals surface area contributed by atoms with E-state index in [-0.39, 0.29) is 18.5 Å². The van der Waals surface area contributed by atoms with Crippen LogP contribution in [0, 0.1) is 5.92 Å². The van der Waals surface area contributed by atoms with Crippen LogP contribution in [0.1, 0.15) is 45.1 Å². The molecular formula is C19H31N5O3. The molecule has 27 heavy (non-hydrogen) atoms. The normalized spacial score (nSPS) is 22.4. The van der Waals surface area contributed by atoms with Crippen molar-refractivity contribution in [2.24, 2.45) is 5.92 Å². The number of likely N-dealkylation sites (N-methyl/N-ethyl adjacent to an activating group) is 1. The highest BCUT2D eigenvalue weighted by molar-refractivity contribution is 5.91. The molecule has 2 aliphatic rings. The van der Waals surface area contributed by atoms with Crippen LogP contribution in [0.5, 0.6) is 0 Å². The quantitative estimate of drug-likeness (QED) is 0.716. The monoisotopic (exact) mass is 377 g/mol. The summed E-state index contributed by atoms with van der Waals surface area (Å²) in [4.78, 5) is 27.5. The summed E-state index contributed by atoms with van der Waals surface area (Å²) >= 11 is 0. The van der Waals surface area contributed by atoms with Crippen LogP contribution in [0.15, 0.2) is 12.3 Å². The Hall–Kier alpha value is -1.93. The molecular weight excluding hydrogens is 346 g/mol. The Morgan fingerprint density at radius 3 is 2.81 bits per heavy atom. The summed E-state index contributed by atoms with van der Waals surface area (Å²) in [6.45, 7) is 4.25. The number of carboxylic acids is 1. The molecule has 2 N–H and O–H groups in total. The van der Waals surface area contributed by atoms with Crippen molar-refractivity contribution in [1.82, 2.24) is 19.6 Å². The van der Waals surface area contributed by atoms with Gasteiger partial charge in [0, 0.05) is 18.7 Å². The lowest BCUT2D eigenvalue weighted by Gasteiger charge is -2.25. The van der Waals surface area contributed by atoms with E-state index in [0.717, 1.165) is 38.2 Å². The fraction of sp³-hybridized carbons (Fsp3) is 0.737.